The second-order valence-electron chi connectivity index (χ2n) is 10.2. The highest BCUT2D eigenvalue weighted by Crippen LogP contribution is 2.43. The minimum Gasteiger partial charge on any atom is -0.495 e. The summed E-state index contributed by atoms with van der Waals surface area (Å²) in [6.45, 7) is 4.72. The van der Waals surface area contributed by atoms with Gasteiger partial charge in [0.15, 0.2) is 16.6 Å². The monoisotopic (exact) mass is 608 g/mol. The third-order valence-corrected chi connectivity index (χ3v) is 8.98. The number of aromatic carboxylic acids is 1. The van der Waals surface area contributed by atoms with Gasteiger partial charge in [-0.05, 0) is 42.4 Å². The molecule has 1 aliphatic rings. The number of hydrogen-bond donors (Lipinski definition) is 2. The third-order valence-electron chi connectivity index (χ3n) is 6.70. The number of anilines is 1. The van der Waals surface area contributed by atoms with E-state index in [0.29, 0.717) is 11.6 Å². The summed E-state index contributed by atoms with van der Waals surface area (Å²) in [5.74, 6) is -3.54. The molecule has 1 aromatic heterocycles. The number of methoxy groups -OCH3 is 2. The van der Waals surface area contributed by atoms with E-state index in [1.54, 1.807) is 12.1 Å². The molecule has 2 N–H and O–H groups in total. The van der Waals surface area contributed by atoms with Crippen LogP contribution in [-0.4, -0.2) is 51.9 Å². The molecule has 0 saturated heterocycles. The summed E-state index contributed by atoms with van der Waals surface area (Å²) in [6, 6.07) is 4.86. The largest absolute Gasteiger partial charge is 0.495 e. The second-order valence-corrected chi connectivity index (χ2v) is 12.7. The van der Waals surface area contributed by atoms with Crippen molar-refractivity contribution < 1.29 is 41.3 Å². The van der Waals surface area contributed by atoms with Crippen LogP contribution in [0.3, 0.4) is 0 Å². The molecule has 220 valence electrons. The van der Waals surface area contributed by atoms with E-state index < -0.39 is 38.2 Å². The van der Waals surface area contributed by atoms with Gasteiger partial charge in [-0.3, -0.25) is 4.72 Å². The zero-order valence-corrected chi connectivity index (χ0v) is 24.5. The van der Waals surface area contributed by atoms with Gasteiger partial charge in [-0.1, -0.05) is 26.0 Å². The Hall–Kier alpha value is -3.55. The van der Waals surface area contributed by atoms with Crippen LogP contribution in [-0.2, 0) is 14.8 Å². The molecule has 0 saturated carbocycles. The lowest BCUT2D eigenvalue weighted by Gasteiger charge is -2.29. The predicted molar refractivity (Wildman–Crippen MR) is 151 cm³/mol. The van der Waals surface area contributed by atoms with Crippen LogP contribution >= 0.6 is 11.3 Å². The normalized spacial score (nSPS) is 14.8. The highest BCUT2D eigenvalue weighted by Gasteiger charge is 2.28. The van der Waals surface area contributed by atoms with Gasteiger partial charge in [0.05, 0.1) is 30.5 Å². The van der Waals surface area contributed by atoms with Crippen molar-refractivity contribution in [1.82, 2.24) is 4.98 Å². The van der Waals surface area contributed by atoms with Crippen LogP contribution in [0.4, 0.5) is 14.5 Å². The van der Waals surface area contributed by atoms with Crippen LogP contribution in [0.5, 0.6) is 11.5 Å². The van der Waals surface area contributed by atoms with Gasteiger partial charge in [-0.2, -0.15) is 8.42 Å². The van der Waals surface area contributed by atoms with Crippen LogP contribution in [0.15, 0.2) is 40.7 Å². The quantitative estimate of drug-likeness (QED) is 0.246. The Morgan fingerprint density at radius 1 is 1.17 bits per heavy atom. The number of carbonyl (C=O) groups is 1. The van der Waals surface area contributed by atoms with E-state index in [1.165, 1.54) is 19.6 Å². The number of thiazole rings is 1. The number of ether oxygens (including phenoxy) is 3. The number of halogens is 2. The number of nitrogens with zero attached hydrogens (tertiary/aromatic N) is 1. The van der Waals surface area contributed by atoms with Crippen LogP contribution in [0, 0.1) is 17.0 Å². The summed E-state index contributed by atoms with van der Waals surface area (Å²) in [7, 11) is -1.69. The van der Waals surface area contributed by atoms with Gasteiger partial charge in [-0.25, -0.2) is 18.6 Å². The summed E-state index contributed by atoms with van der Waals surface area (Å²) < 4.78 is 74.5. The maximum Gasteiger partial charge on any atom is 0.338 e. The van der Waals surface area contributed by atoms with Crippen molar-refractivity contribution in [2.24, 2.45) is 5.41 Å². The number of aromatic nitrogens is 1. The summed E-state index contributed by atoms with van der Waals surface area (Å²) >= 11 is 0.904. The molecule has 2 aromatic carbocycles. The Morgan fingerprint density at radius 3 is 2.54 bits per heavy atom. The number of rotatable bonds is 11. The molecule has 4 rings (SSSR count). The van der Waals surface area contributed by atoms with Gasteiger partial charge in [0, 0.05) is 24.1 Å². The van der Waals surface area contributed by atoms with Crippen LogP contribution in [0.1, 0.15) is 49.0 Å². The Balaban J connectivity index is 1.68. The molecule has 0 fully saturated rings. The van der Waals surface area contributed by atoms with E-state index in [-0.39, 0.29) is 46.4 Å². The van der Waals surface area contributed by atoms with Crippen molar-refractivity contribution in [3.63, 3.8) is 0 Å². The first-order valence-electron chi connectivity index (χ1n) is 12.6. The molecule has 13 heteroatoms. The number of hydrogen-bond acceptors (Lipinski definition) is 8. The zero-order valence-electron chi connectivity index (χ0n) is 22.9. The van der Waals surface area contributed by atoms with E-state index >= 15 is 4.39 Å². The van der Waals surface area contributed by atoms with Crippen LogP contribution < -0.4 is 14.2 Å². The predicted octanol–water partition coefficient (Wildman–Crippen LogP) is 6.21. The number of carboxylic acids is 1. The second kappa shape index (κ2) is 12.1. The van der Waals surface area contributed by atoms with Gasteiger partial charge >= 0.3 is 5.97 Å². The summed E-state index contributed by atoms with van der Waals surface area (Å²) in [5, 5.41) is 9.99. The maximum atomic E-state index is 16.0. The van der Waals surface area contributed by atoms with Crippen molar-refractivity contribution in [1.29, 1.82) is 0 Å². The highest BCUT2D eigenvalue weighted by molar-refractivity contribution is 7.92. The average molecular weight is 609 g/mol. The topological polar surface area (TPSA) is 124 Å². The number of carboxylic acid groups (broad SMARTS) is 1. The fourth-order valence-electron chi connectivity index (χ4n) is 4.33. The first-order valence-corrected chi connectivity index (χ1v) is 15.0. The van der Waals surface area contributed by atoms with E-state index in [4.69, 9.17) is 19.3 Å². The fraction of sp³-hybridized carbons (Fsp3) is 0.357. The number of nitrogens with one attached hydrogen (secondary N) is 1. The van der Waals surface area contributed by atoms with Crippen molar-refractivity contribution in [3.05, 3.63) is 58.5 Å². The Morgan fingerprint density at radius 2 is 1.90 bits per heavy atom. The lowest BCUT2D eigenvalue weighted by Crippen LogP contribution is -2.15. The van der Waals surface area contributed by atoms with Crippen LogP contribution in [0.25, 0.3) is 16.1 Å². The molecule has 0 bridgehead atoms. The minimum absolute atomic E-state index is 0.0435. The number of allylic oxidation sites excluding steroid dienone is 2. The molecule has 0 amide bonds. The fourth-order valence-corrected chi connectivity index (χ4v) is 6.51. The van der Waals surface area contributed by atoms with Gasteiger partial charge < -0.3 is 19.3 Å². The van der Waals surface area contributed by atoms with Crippen LogP contribution in [0.2, 0.25) is 0 Å². The van der Waals surface area contributed by atoms with E-state index in [2.05, 4.69) is 29.6 Å². The molecular formula is C28H30F2N2O7S2. The van der Waals surface area contributed by atoms with Gasteiger partial charge in [0.1, 0.15) is 23.2 Å². The standard InChI is InChI=1S/C28H30F2N2O7S2/c1-28(2)9-7-16(8-10-28)17-5-6-18(24(30)25(17)39-12-11-37-3)26-31-23(15-40-26)41(35,36)32-21-14-20(29)19(27(33)34)13-22(21)38-4/h5-7,13-15,32H,8-12H2,1-4H3,(H,33,34). The molecule has 1 aliphatic carbocycles. The molecule has 0 spiro atoms. The van der Waals surface area contributed by atoms with E-state index in [0.717, 1.165) is 42.2 Å². The lowest BCUT2D eigenvalue weighted by atomic mass is 9.77. The lowest BCUT2D eigenvalue weighted by molar-refractivity contribution is 0.0691. The van der Waals surface area contributed by atoms with E-state index in [1.807, 2.05) is 0 Å². The molecule has 0 aliphatic heterocycles. The molecule has 41 heavy (non-hydrogen) atoms. The number of benzene rings is 2. The van der Waals surface area contributed by atoms with Crippen molar-refractivity contribution in [2.75, 3.05) is 32.2 Å². The first-order chi connectivity index (χ1) is 19.4. The summed E-state index contributed by atoms with van der Waals surface area (Å²) in [5.41, 5.74) is 0.809. The molecule has 0 radical (unpaired) electrons. The Kier molecular flexibility index (Phi) is 9.00. The Bertz CT molecular complexity index is 1600. The Labute approximate surface area is 240 Å². The number of sulfonamides is 1. The summed E-state index contributed by atoms with van der Waals surface area (Å²) in [4.78, 5) is 15.4. The molecule has 0 unspecified atom stereocenters. The third kappa shape index (κ3) is 6.68. The molecule has 1 heterocycles. The molecule has 9 nitrogen and oxygen atoms in total. The molecule has 0 atom stereocenters. The average Bonchev–Trinajstić information content (AvgIpc) is 3.41. The van der Waals surface area contributed by atoms with Crippen molar-refractivity contribution in [3.8, 4) is 22.1 Å². The highest BCUT2D eigenvalue weighted by atomic mass is 32.2. The minimum atomic E-state index is -4.38. The van der Waals surface area contributed by atoms with Crippen molar-refractivity contribution >= 4 is 38.6 Å². The van der Waals surface area contributed by atoms with Crippen molar-refractivity contribution in [2.45, 2.75) is 38.1 Å². The zero-order chi connectivity index (χ0) is 29.9. The smallest absolute Gasteiger partial charge is 0.338 e. The van der Waals surface area contributed by atoms with Gasteiger partial charge in [0.2, 0.25) is 0 Å². The molecule has 3 aromatic rings. The first kappa shape index (κ1) is 30.4. The summed E-state index contributed by atoms with van der Waals surface area (Å²) in [6.07, 6.45) is 4.64. The molecular weight excluding hydrogens is 578 g/mol. The van der Waals surface area contributed by atoms with E-state index in [9.17, 15) is 17.6 Å². The maximum absolute atomic E-state index is 16.0. The van der Waals surface area contributed by atoms with Gasteiger partial charge in [-0.15, -0.1) is 11.3 Å². The van der Waals surface area contributed by atoms with Gasteiger partial charge in [0.25, 0.3) is 10.0 Å². The SMILES string of the molecule is COCCOc1c(C2=CCC(C)(C)CC2)ccc(-c2nc(S(=O)(=O)Nc3cc(F)c(C(=O)O)cc3OC)cs2)c1F.